The number of carboxylic acids is 1. The maximum atomic E-state index is 13.4. The number of nitrogens with one attached hydrogen (secondary N) is 1. The predicted molar refractivity (Wildman–Crippen MR) is 125 cm³/mol. The van der Waals surface area contributed by atoms with Gasteiger partial charge in [0.2, 0.25) is 0 Å². The number of carboxylic acid groups (broad SMARTS) is 1. The minimum Gasteiger partial charge on any atom is -0.504 e. The third kappa shape index (κ3) is 4.73. The Bertz CT molecular complexity index is 1280. The van der Waals surface area contributed by atoms with E-state index in [0.717, 1.165) is 5.56 Å². The zero-order valence-corrected chi connectivity index (χ0v) is 18.0. The first-order valence-electron chi connectivity index (χ1n) is 10.5. The molecule has 4 rings (SSSR count). The molecule has 0 unspecified atom stereocenters. The molecule has 0 spiro atoms. The van der Waals surface area contributed by atoms with Gasteiger partial charge in [0.15, 0.2) is 11.5 Å². The number of carbonyl (C=O) groups is 3. The molecule has 0 saturated heterocycles. The van der Waals surface area contributed by atoms with Gasteiger partial charge in [-0.1, -0.05) is 91.0 Å². The van der Waals surface area contributed by atoms with Gasteiger partial charge in [0.05, 0.1) is 5.57 Å². The van der Waals surface area contributed by atoms with E-state index in [2.05, 4.69) is 5.32 Å². The fraction of sp³-hybridized carbons (Fsp3) is 0.0741. The van der Waals surface area contributed by atoms with Crippen molar-refractivity contribution in [3.63, 3.8) is 0 Å². The average molecular weight is 455 g/mol. The van der Waals surface area contributed by atoms with Crippen molar-refractivity contribution in [2.45, 2.75) is 12.5 Å². The van der Waals surface area contributed by atoms with Crippen LogP contribution in [0.2, 0.25) is 0 Å². The van der Waals surface area contributed by atoms with Crippen LogP contribution in [0.15, 0.2) is 103 Å². The van der Waals surface area contributed by atoms with Gasteiger partial charge in [-0.05, 0) is 16.7 Å². The van der Waals surface area contributed by atoms with Gasteiger partial charge < -0.3 is 20.3 Å². The number of benzene rings is 3. The number of carbonyl (C=O) groups excluding carboxylic acids is 2. The summed E-state index contributed by atoms with van der Waals surface area (Å²) in [6.07, 6.45) is 0.0518. The second-order valence-electron chi connectivity index (χ2n) is 7.60. The third-order valence-corrected chi connectivity index (χ3v) is 5.32. The lowest BCUT2D eigenvalue weighted by molar-refractivity contribution is -0.141. The minimum atomic E-state index is -1.24. The Labute approximate surface area is 195 Å². The van der Waals surface area contributed by atoms with Crippen LogP contribution in [-0.2, 0) is 25.5 Å². The molecule has 1 aliphatic heterocycles. The Kier molecular flexibility index (Phi) is 6.54. The van der Waals surface area contributed by atoms with Crippen LogP contribution in [0.3, 0.4) is 0 Å². The van der Waals surface area contributed by atoms with Crippen molar-refractivity contribution >= 4 is 29.0 Å². The van der Waals surface area contributed by atoms with Crippen LogP contribution in [-0.4, -0.2) is 34.1 Å². The van der Waals surface area contributed by atoms with Gasteiger partial charge in [-0.2, -0.15) is 0 Å². The third-order valence-electron chi connectivity index (χ3n) is 5.32. The van der Waals surface area contributed by atoms with Gasteiger partial charge in [-0.25, -0.2) is 9.59 Å². The van der Waals surface area contributed by atoms with E-state index in [1.165, 1.54) is 0 Å². The first kappa shape index (κ1) is 22.5. The normalized spacial score (nSPS) is 15.5. The smallest absolute Gasteiger partial charge is 0.348 e. The van der Waals surface area contributed by atoms with Gasteiger partial charge in [-0.3, -0.25) is 4.79 Å². The van der Waals surface area contributed by atoms with E-state index < -0.39 is 29.6 Å². The standard InChI is InChI=1S/C27H21NO6/c29-23-21(18-12-6-2-7-13-18)27(33)34-24(23)22(19-14-8-3-9-15-19)25(30)28-20(26(31)32)16-17-10-4-1-5-11-17/h1-15,20,29H,16H2,(H,28,30)(H,31,32)/t20-/m0/s1. The second kappa shape index (κ2) is 9.87. The highest BCUT2D eigenvalue weighted by atomic mass is 16.6. The highest BCUT2D eigenvalue weighted by Crippen LogP contribution is 2.36. The van der Waals surface area contributed by atoms with Crippen LogP contribution < -0.4 is 5.32 Å². The lowest BCUT2D eigenvalue weighted by Gasteiger charge is -2.17. The second-order valence-corrected chi connectivity index (χ2v) is 7.60. The predicted octanol–water partition coefficient (Wildman–Crippen LogP) is 3.74. The van der Waals surface area contributed by atoms with Crippen molar-refractivity contribution in [3.05, 3.63) is 119 Å². The number of amides is 1. The van der Waals surface area contributed by atoms with Crippen molar-refractivity contribution in [3.8, 4) is 0 Å². The molecule has 0 saturated carbocycles. The molecule has 0 fully saturated rings. The number of hydrogen-bond donors (Lipinski definition) is 3. The summed E-state index contributed by atoms with van der Waals surface area (Å²) in [5.41, 5.74) is 1.30. The summed E-state index contributed by atoms with van der Waals surface area (Å²) in [5, 5.41) is 23.1. The number of esters is 1. The molecule has 0 radical (unpaired) electrons. The molecule has 3 N–H and O–H groups in total. The monoisotopic (exact) mass is 455 g/mol. The molecule has 0 aromatic heterocycles. The van der Waals surface area contributed by atoms with Crippen LogP contribution in [0.1, 0.15) is 16.7 Å². The number of aliphatic carboxylic acids is 1. The number of aliphatic hydroxyl groups is 1. The molecular weight excluding hydrogens is 434 g/mol. The molecule has 3 aromatic carbocycles. The molecule has 7 heteroatoms. The summed E-state index contributed by atoms with van der Waals surface area (Å²) in [6, 6.07) is 24.4. The first-order chi connectivity index (χ1) is 16.5. The van der Waals surface area contributed by atoms with Crippen molar-refractivity contribution in [2.75, 3.05) is 0 Å². The SMILES string of the molecule is O=C(N[C@@H](Cc1ccccc1)C(=O)O)C(=C1OC(=O)C(c2ccccc2)=C1O)c1ccccc1. The summed E-state index contributed by atoms with van der Waals surface area (Å²) in [5.74, 6) is -3.63. The Morgan fingerprint density at radius 1 is 0.853 bits per heavy atom. The summed E-state index contributed by atoms with van der Waals surface area (Å²) in [7, 11) is 0. The van der Waals surface area contributed by atoms with Crippen molar-refractivity contribution in [2.24, 2.45) is 0 Å². The van der Waals surface area contributed by atoms with E-state index in [1.54, 1.807) is 84.9 Å². The van der Waals surface area contributed by atoms with Gasteiger partial charge in [-0.15, -0.1) is 0 Å². The average Bonchev–Trinajstić information content (AvgIpc) is 3.14. The zero-order chi connectivity index (χ0) is 24.1. The Balaban J connectivity index is 1.76. The van der Waals surface area contributed by atoms with Crippen LogP contribution in [0.4, 0.5) is 0 Å². The summed E-state index contributed by atoms with van der Waals surface area (Å²) in [4.78, 5) is 37.9. The summed E-state index contributed by atoms with van der Waals surface area (Å²) >= 11 is 0. The van der Waals surface area contributed by atoms with Crippen LogP contribution in [0.25, 0.3) is 11.1 Å². The summed E-state index contributed by atoms with van der Waals surface area (Å²) < 4.78 is 5.35. The number of ether oxygens (including phenoxy) is 1. The fourth-order valence-electron chi connectivity index (χ4n) is 3.68. The van der Waals surface area contributed by atoms with Gasteiger partial charge in [0.1, 0.15) is 11.6 Å². The van der Waals surface area contributed by atoms with Gasteiger partial charge in [0, 0.05) is 6.42 Å². The lowest BCUT2D eigenvalue weighted by atomic mass is 9.99. The number of aliphatic hydroxyl groups excluding tert-OH is 1. The number of cyclic esters (lactones) is 1. The number of rotatable bonds is 7. The summed E-state index contributed by atoms with van der Waals surface area (Å²) in [6.45, 7) is 0. The molecule has 1 aliphatic rings. The molecule has 1 amide bonds. The lowest BCUT2D eigenvalue weighted by Crippen LogP contribution is -2.43. The van der Waals surface area contributed by atoms with Crippen LogP contribution in [0, 0.1) is 0 Å². The molecule has 0 aliphatic carbocycles. The van der Waals surface area contributed by atoms with Crippen molar-refractivity contribution in [1.82, 2.24) is 5.32 Å². The van der Waals surface area contributed by atoms with E-state index in [4.69, 9.17) is 4.74 Å². The molecular formula is C27H21NO6. The number of hydrogen-bond acceptors (Lipinski definition) is 5. The highest BCUT2D eigenvalue weighted by Gasteiger charge is 2.36. The van der Waals surface area contributed by atoms with E-state index >= 15 is 0 Å². The largest absolute Gasteiger partial charge is 0.504 e. The van der Waals surface area contributed by atoms with E-state index in [-0.39, 0.29) is 23.3 Å². The van der Waals surface area contributed by atoms with Crippen molar-refractivity contribution in [1.29, 1.82) is 0 Å². The Hall–Kier alpha value is -4.65. The molecule has 7 nitrogen and oxygen atoms in total. The van der Waals surface area contributed by atoms with E-state index in [0.29, 0.717) is 11.1 Å². The van der Waals surface area contributed by atoms with E-state index in [9.17, 15) is 24.6 Å². The molecule has 0 bridgehead atoms. The maximum absolute atomic E-state index is 13.4. The first-order valence-corrected chi connectivity index (χ1v) is 10.5. The van der Waals surface area contributed by atoms with Crippen molar-refractivity contribution < 1.29 is 29.3 Å². The van der Waals surface area contributed by atoms with Crippen LogP contribution >= 0.6 is 0 Å². The molecule has 3 aromatic rings. The fourth-order valence-corrected chi connectivity index (χ4v) is 3.68. The minimum absolute atomic E-state index is 0.0518. The zero-order valence-electron chi connectivity index (χ0n) is 18.0. The van der Waals surface area contributed by atoms with E-state index in [1.807, 2.05) is 6.07 Å². The molecule has 1 heterocycles. The van der Waals surface area contributed by atoms with Gasteiger partial charge in [0.25, 0.3) is 5.91 Å². The topological polar surface area (TPSA) is 113 Å². The molecule has 1 atom stereocenters. The Morgan fingerprint density at radius 3 is 2.00 bits per heavy atom. The molecule has 34 heavy (non-hydrogen) atoms. The molecule has 170 valence electrons. The highest BCUT2D eigenvalue weighted by molar-refractivity contribution is 6.26. The van der Waals surface area contributed by atoms with Gasteiger partial charge >= 0.3 is 11.9 Å². The maximum Gasteiger partial charge on any atom is 0.348 e. The van der Waals surface area contributed by atoms with Crippen LogP contribution in [0.5, 0.6) is 0 Å². The Morgan fingerprint density at radius 2 is 1.41 bits per heavy atom. The quantitative estimate of drug-likeness (QED) is 0.370.